The molecule has 1 fully saturated rings. The Morgan fingerprint density at radius 2 is 2.10 bits per heavy atom. The van der Waals surface area contributed by atoms with Gasteiger partial charge in [-0.05, 0) is 61.6 Å². The third kappa shape index (κ3) is 3.26. The van der Waals surface area contributed by atoms with E-state index in [-0.39, 0.29) is 0 Å². The normalized spacial score (nSPS) is 25.7. The summed E-state index contributed by atoms with van der Waals surface area (Å²) in [6.07, 6.45) is 10.3. The fraction of sp³-hybridized carbons (Fsp3) is 0.684. The first-order valence-electron chi connectivity index (χ1n) is 8.91. The second kappa shape index (κ2) is 6.83. The Labute approximate surface area is 129 Å². The predicted molar refractivity (Wildman–Crippen MR) is 90.9 cm³/mol. The summed E-state index contributed by atoms with van der Waals surface area (Å²) < 4.78 is 0. The molecule has 1 aliphatic carbocycles. The average Bonchev–Trinajstić information content (AvgIpc) is 2.54. The van der Waals surface area contributed by atoms with Crippen LogP contribution in [0, 0.1) is 5.92 Å². The molecule has 0 aromatic heterocycles. The van der Waals surface area contributed by atoms with Crippen molar-refractivity contribution in [2.45, 2.75) is 64.3 Å². The lowest BCUT2D eigenvalue weighted by Gasteiger charge is -2.40. The van der Waals surface area contributed by atoms with Crippen molar-refractivity contribution in [1.29, 1.82) is 0 Å². The Hall–Kier alpha value is -1.02. The summed E-state index contributed by atoms with van der Waals surface area (Å²) in [6.45, 7) is 4.58. The maximum Gasteiger partial charge on any atom is 0.0401 e. The van der Waals surface area contributed by atoms with Crippen molar-refractivity contribution in [3.63, 3.8) is 0 Å². The van der Waals surface area contributed by atoms with Crippen LogP contribution in [-0.2, 0) is 12.8 Å². The van der Waals surface area contributed by atoms with Crippen LogP contribution in [0.1, 0.15) is 56.6 Å². The molecule has 2 nitrogen and oxygen atoms in total. The minimum absolute atomic E-state index is 0.410. The van der Waals surface area contributed by atoms with E-state index in [1.165, 1.54) is 50.6 Å². The second-order valence-corrected chi connectivity index (χ2v) is 6.92. The molecule has 21 heavy (non-hydrogen) atoms. The molecule has 2 atom stereocenters. The topological polar surface area (TPSA) is 29.3 Å². The van der Waals surface area contributed by atoms with Crippen LogP contribution in [0.3, 0.4) is 0 Å². The number of benzene rings is 1. The Kier molecular flexibility index (Phi) is 4.84. The lowest BCUT2D eigenvalue weighted by Crippen LogP contribution is -2.47. The molecule has 0 spiro atoms. The van der Waals surface area contributed by atoms with Crippen molar-refractivity contribution in [2.75, 3.05) is 18.0 Å². The minimum atomic E-state index is 0.410. The van der Waals surface area contributed by atoms with Gasteiger partial charge in [0, 0.05) is 24.8 Å². The van der Waals surface area contributed by atoms with Crippen LogP contribution < -0.4 is 10.6 Å². The van der Waals surface area contributed by atoms with E-state index >= 15 is 0 Å². The molecule has 2 heteroatoms. The van der Waals surface area contributed by atoms with Crippen LogP contribution >= 0.6 is 0 Å². The quantitative estimate of drug-likeness (QED) is 0.909. The molecule has 0 saturated carbocycles. The average molecular weight is 286 g/mol. The van der Waals surface area contributed by atoms with Gasteiger partial charge >= 0.3 is 0 Å². The van der Waals surface area contributed by atoms with E-state index in [9.17, 15) is 0 Å². The zero-order chi connectivity index (χ0) is 14.7. The lowest BCUT2D eigenvalue weighted by atomic mass is 9.86. The van der Waals surface area contributed by atoms with Gasteiger partial charge in [-0.15, -0.1) is 0 Å². The smallest absolute Gasteiger partial charge is 0.0401 e. The minimum Gasteiger partial charge on any atom is -0.371 e. The molecule has 2 N–H and O–H groups in total. The fourth-order valence-corrected chi connectivity index (χ4v) is 4.10. The van der Waals surface area contributed by atoms with Gasteiger partial charge < -0.3 is 10.6 Å². The van der Waals surface area contributed by atoms with Crippen LogP contribution in [0.2, 0.25) is 0 Å². The SMILES string of the molecule is CCCC[C@H]1CN(c2cccc3c2CCCC3)CC[C@@H]1N. The number of aryl methyl sites for hydroxylation is 1. The molecule has 3 rings (SSSR count). The van der Waals surface area contributed by atoms with Gasteiger partial charge in [0.1, 0.15) is 0 Å². The van der Waals surface area contributed by atoms with Gasteiger partial charge in [-0.3, -0.25) is 0 Å². The van der Waals surface area contributed by atoms with E-state index in [1.807, 2.05) is 0 Å². The van der Waals surface area contributed by atoms with Crippen LogP contribution in [0.15, 0.2) is 18.2 Å². The van der Waals surface area contributed by atoms with Gasteiger partial charge in [0.15, 0.2) is 0 Å². The lowest BCUT2D eigenvalue weighted by molar-refractivity contribution is 0.330. The van der Waals surface area contributed by atoms with Gasteiger partial charge in [-0.2, -0.15) is 0 Å². The van der Waals surface area contributed by atoms with Crippen molar-refractivity contribution >= 4 is 5.69 Å². The van der Waals surface area contributed by atoms with Crippen LogP contribution in [-0.4, -0.2) is 19.1 Å². The first kappa shape index (κ1) is 14.9. The van der Waals surface area contributed by atoms with Crippen LogP contribution in [0.5, 0.6) is 0 Å². The van der Waals surface area contributed by atoms with E-state index in [0.29, 0.717) is 12.0 Å². The molecule has 1 aliphatic heterocycles. The Bertz CT molecular complexity index is 469. The van der Waals surface area contributed by atoms with E-state index < -0.39 is 0 Å². The highest BCUT2D eigenvalue weighted by molar-refractivity contribution is 5.58. The molecule has 2 aliphatic rings. The summed E-state index contributed by atoms with van der Waals surface area (Å²) in [5, 5.41) is 0. The van der Waals surface area contributed by atoms with Crippen molar-refractivity contribution < 1.29 is 0 Å². The Morgan fingerprint density at radius 3 is 2.95 bits per heavy atom. The highest BCUT2D eigenvalue weighted by Crippen LogP contribution is 2.33. The van der Waals surface area contributed by atoms with Crippen molar-refractivity contribution in [2.24, 2.45) is 11.7 Å². The van der Waals surface area contributed by atoms with E-state index in [1.54, 1.807) is 11.1 Å². The molecular weight excluding hydrogens is 256 g/mol. The van der Waals surface area contributed by atoms with E-state index in [4.69, 9.17) is 5.73 Å². The first-order valence-corrected chi connectivity index (χ1v) is 8.91. The van der Waals surface area contributed by atoms with E-state index in [0.717, 1.165) is 19.5 Å². The van der Waals surface area contributed by atoms with Crippen molar-refractivity contribution in [3.8, 4) is 0 Å². The summed E-state index contributed by atoms with van der Waals surface area (Å²) in [7, 11) is 0. The molecule has 0 radical (unpaired) electrons. The van der Waals surface area contributed by atoms with Crippen LogP contribution in [0.25, 0.3) is 0 Å². The predicted octanol–water partition coefficient (Wildman–Crippen LogP) is 3.91. The molecule has 0 bridgehead atoms. The van der Waals surface area contributed by atoms with E-state index in [2.05, 4.69) is 30.0 Å². The second-order valence-electron chi connectivity index (χ2n) is 6.92. The number of nitrogens with two attached hydrogens (primary N) is 1. The molecule has 116 valence electrons. The van der Waals surface area contributed by atoms with Gasteiger partial charge in [-0.1, -0.05) is 31.9 Å². The highest BCUT2D eigenvalue weighted by atomic mass is 15.1. The largest absolute Gasteiger partial charge is 0.371 e. The molecule has 0 amide bonds. The fourth-order valence-electron chi connectivity index (χ4n) is 4.10. The maximum absolute atomic E-state index is 6.37. The molecule has 1 aromatic rings. The number of rotatable bonds is 4. The highest BCUT2D eigenvalue weighted by Gasteiger charge is 2.28. The number of hydrogen-bond acceptors (Lipinski definition) is 2. The number of unbranched alkanes of at least 4 members (excludes halogenated alkanes) is 1. The standard InChI is InChI=1S/C19H30N2/c1-2-3-7-16-14-21(13-12-18(16)20)19-11-6-9-15-8-4-5-10-17(15)19/h6,9,11,16,18H,2-5,7-8,10,12-14,20H2,1H3/t16-,18-/m0/s1. The maximum atomic E-state index is 6.37. The van der Waals surface area contributed by atoms with Gasteiger partial charge in [0.25, 0.3) is 0 Å². The van der Waals surface area contributed by atoms with Gasteiger partial charge in [0.2, 0.25) is 0 Å². The Morgan fingerprint density at radius 1 is 1.24 bits per heavy atom. The molecule has 1 heterocycles. The third-order valence-corrected chi connectivity index (χ3v) is 5.43. The van der Waals surface area contributed by atoms with Crippen LogP contribution in [0.4, 0.5) is 5.69 Å². The number of fused-ring (bicyclic) bond motifs is 1. The van der Waals surface area contributed by atoms with Gasteiger partial charge in [0.05, 0.1) is 0 Å². The van der Waals surface area contributed by atoms with Crippen molar-refractivity contribution in [3.05, 3.63) is 29.3 Å². The molecule has 0 unspecified atom stereocenters. The summed E-state index contributed by atoms with van der Waals surface area (Å²) in [5.74, 6) is 0.679. The zero-order valence-corrected chi connectivity index (χ0v) is 13.5. The monoisotopic (exact) mass is 286 g/mol. The zero-order valence-electron chi connectivity index (χ0n) is 13.5. The number of nitrogens with zero attached hydrogens (tertiary/aromatic N) is 1. The summed E-state index contributed by atoms with van der Waals surface area (Å²) in [6, 6.07) is 7.35. The Balaban J connectivity index is 1.77. The number of anilines is 1. The first-order chi connectivity index (χ1) is 10.3. The summed E-state index contributed by atoms with van der Waals surface area (Å²) >= 11 is 0. The van der Waals surface area contributed by atoms with Crippen molar-refractivity contribution in [1.82, 2.24) is 0 Å². The molecular formula is C19H30N2. The molecule has 1 aromatic carbocycles. The van der Waals surface area contributed by atoms with Gasteiger partial charge in [-0.25, -0.2) is 0 Å². The summed E-state index contributed by atoms with van der Waals surface area (Å²) in [4.78, 5) is 2.63. The third-order valence-electron chi connectivity index (χ3n) is 5.43. The number of hydrogen-bond donors (Lipinski definition) is 1. The number of piperidine rings is 1. The summed E-state index contributed by atoms with van der Waals surface area (Å²) in [5.41, 5.74) is 11.1. The molecule has 1 saturated heterocycles.